The quantitative estimate of drug-likeness (QED) is 0.398. The Kier molecular flexibility index (Phi) is 6.14. The number of nitrogens with one attached hydrogen (secondary N) is 1. The molecular weight excluding hydrogens is 430 g/mol. The van der Waals surface area contributed by atoms with Crippen LogP contribution in [0.4, 0.5) is 5.69 Å². The van der Waals surface area contributed by atoms with Gasteiger partial charge in [-0.1, -0.05) is 29.8 Å². The molecule has 0 aliphatic carbocycles. The molecular formula is C25H20ClNO5. The Balaban J connectivity index is 1.46. The van der Waals surface area contributed by atoms with Crippen LogP contribution in [-0.4, -0.2) is 12.5 Å². The molecule has 0 fully saturated rings. The molecule has 4 rings (SSSR count). The lowest BCUT2D eigenvalue weighted by Gasteiger charge is -2.11. The normalized spacial score (nSPS) is 10.7. The molecule has 162 valence electrons. The van der Waals surface area contributed by atoms with E-state index in [4.69, 9.17) is 25.5 Å². The molecule has 0 unspecified atom stereocenters. The Morgan fingerprint density at radius 1 is 1.03 bits per heavy atom. The highest BCUT2D eigenvalue weighted by molar-refractivity contribution is 6.31. The van der Waals surface area contributed by atoms with Gasteiger partial charge in [-0.05, 0) is 61.4 Å². The summed E-state index contributed by atoms with van der Waals surface area (Å²) >= 11 is 6.07. The summed E-state index contributed by atoms with van der Waals surface area (Å²) < 4.78 is 16.8. The van der Waals surface area contributed by atoms with Crippen molar-refractivity contribution >= 4 is 34.2 Å². The number of fused-ring (bicyclic) bond motifs is 1. The number of halogens is 1. The van der Waals surface area contributed by atoms with Crippen molar-refractivity contribution in [2.45, 2.75) is 13.8 Å². The summed E-state index contributed by atoms with van der Waals surface area (Å²) in [6.07, 6.45) is 1.27. The molecule has 0 aliphatic heterocycles. The summed E-state index contributed by atoms with van der Waals surface area (Å²) in [6, 6.07) is 17.4. The first kappa shape index (κ1) is 21.5. The third kappa shape index (κ3) is 4.76. The van der Waals surface area contributed by atoms with E-state index >= 15 is 0 Å². The third-order valence-electron chi connectivity index (χ3n) is 4.84. The number of anilines is 1. The van der Waals surface area contributed by atoms with Crippen molar-refractivity contribution in [3.8, 4) is 17.2 Å². The Labute approximate surface area is 189 Å². The number of hydrogen-bond donors (Lipinski definition) is 1. The van der Waals surface area contributed by atoms with E-state index in [0.29, 0.717) is 33.2 Å². The zero-order valence-corrected chi connectivity index (χ0v) is 18.2. The van der Waals surface area contributed by atoms with Gasteiger partial charge >= 0.3 is 0 Å². The highest BCUT2D eigenvalue weighted by atomic mass is 35.5. The smallest absolute Gasteiger partial charge is 0.262 e. The van der Waals surface area contributed by atoms with Gasteiger partial charge in [0, 0.05) is 16.8 Å². The van der Waals surface area contributed by atoms with Gasteiger partial charge in [0.15, 0.2) is 6.61 Å². The summed E-state index contributed by atoms with van der Waals surface area (Å²) in [7, 11) is 0. The van der Waals surface area contributed by atoms with Crippen LogP contribution in [0.15, 0.2) is 76.1 Å². The lowest BCUT2D eigenvalue weighted by molar-refractivity contribution is -0.118. The van der Waals surface area contributed by atoms with Crippen LogP contribution in [0.3, 0.4) is 0 Å². The number of rotatable bonds is 6. The van der Waals surface area contributed by atoms with Crippen molar-refractivity contribution in [2.75, 3.05) is 11.9 Å². The number of carbonyl (C=O) groups is 1. The zero-order valence-electron chi connectivity index (χ0n) is 17.5. The largest absolute Gasteiger partial charge is 0.484 e. The first-order valence-corrected chi connectivity index (χ1v) is 10.3. The van der Waals surface area contributed by atoms with Crippen LogP contribution in [0.1, 0.15) is 11.1 Å². The summed E-state index contributed by atoms with van der Waals surface area (Å²) in [6.45, 7) is 3.55. The molecule has 32 heavy (non-hydrogen) atoms. The van der Waals surface area contributed by atoms with Gasteiger partial charge in [0.25, 0.3) is 5.91 Å². The maximum Gasteiger partial charge on any atom is 0.262 e. The van der Waals surface area contributed by atoms with Gasteiger partial charge in [0.05, 0.1) is 5.39 Å². The van der Waals surface area contributed by atoms with E-state index in [-0.39, 0.29) is 23.7 Å². The lowest BCUT2D eigenvalue weighted by Crippen LogP contribution is -2.20. The van der Waals surface area contributed by atoms with Crippen LogP contribution in [-0.2, 0) is 4.79 Å². The Morgan fingerprint density at radius 2 is 1.84 bits per heavy atom. The minimum Gasteiger partial charge on any atom is -0.484 e. The maximum atomic E-state index is 12.8. The molecule has 0 aliphatic rings. The predicted molar refractivity (Wildman–Crippen MR) is 124 cm³/mol. The average molecular weight is 450 g/mol. The van der Waals surface area contributed by atoms with E-state index in [1.54, 1.807) is 42.5 Å². The standard InChI is InChI=1S/C25H20ClNO5/c1-15-5-3-6-18(11-15)32-23-13-31-22-12-17(9-10-19(22)25(23)29)30-14-24(28)27-21-8-4-7-20(26)16(21)2/h3-13H,14H2,1-2H3,(H,27,28). The molecule has 7 heteroatoms. The van der Waals surface area contributed by atoms with Gasteiger partial charge in [-0.3, -0.25) is 9.59 Å². The molecule has 0 spiro atoms. The molecule has 0 saturated heterocycles. The topological polar surface area (TPSA) is 77.8 Å². The summed E-state index contributed by atoms with van der Waals surface area (Å²) in [5, 5.41) is 3.68. The minimum atomic E-state index is -0.334. The average Bonchev–Trinajstić information content (AvgIpc) is 2.77. The molecule has 0 radical (unpaired) electrons. The molecule has 0 bridgehead atoms. The summed E-state index contributed by atoms with van der Waals surface area (Å²) in [5.74, 6) is 0.704. The van der Waals surface area contributed by atoms with Gasteiger partial charge in [-0.15, -0.1) is 0 Å². The number of hydrogen-bond acceptors (Lipinski definition) is 5. The Morgan fingerprint density at radius 3 is 2.66 bits per heavy atom. The van der Waals surface area contributed by atoms with Gasteiger partial charge in [-0.25, -0.2) is 0 Å². The Hall–Kier alpha value is -3.77. The number of ether oxygens (including phenoxy) is 2. The second-order valence-corrected chi connectivity index (χ2v) is 7.66. The highest BCUT2D eigenvalue weighted by Gasteiger charge is 2.12. The lowest BCUT2D eigenvalue weighted by atomic mass is 10.2. The van der Waals surface area contributed by atoms with E-state index in [2.05, 4.69) is 5.32 Å². The van der Waals surface area contributed by atoms with Gasteiger partial charge in [0.2, 0.25) is 11.2 Å². The summed E-state index contributed by atoms with van der Waals surface area (Å²) in [5.41, 5.74) is 2.45. The maximum absolute atomic E-state index is 12.8. The van der Waals surface area contributed by atoms with Crippen molar-refractivity contribution in [1.82, 2.24) is 0 Å². The van der Waals surface area contributed by atoms with Crippen LogP contribution in [0.25, 0.3) is 11.0 Å². The number of carbonyl (C=O) groups excluding carboxylic acids is 1. The molecule has 1 heterocycles. The van der Waals surface area contributed by atoms with Crippen molar-refractivity contribution < 1.29 is 18.7 Å². The van der Waals surface area contributed by atoms with Gasteiger partial charge in [-0.2, -0.15) is 0 Å². The number of benzene rings is 3. The third-order valence-corrected chi connectivity index (χ3v) is 5.25. The molecule has 1 amide bonds. The number of amides is 1. The van der Waals surface area contributed by atoms with Crippen molar-refractivity contribution in [3.05, 3.63) is 93.3 Å². The fourth-order valence-corrected chi connectivity index (χ4v) is 3.31. The van der Waals surface area contributed by atoms with Crippen LogP contribution < -0.4 is 20.2 Å². The van der Waals surface area contributed by atoms with E-state index in [1.165, 1.54) is 6.26 Å². The molecule has 1 N–H and O–H groups in total. The molecule has 6 nitrogen and oxygen atoms in total. The Bertz CT molecular complexity index is 1360. The highest BCUT2D eigenvalue weighted by Crippen LogP contribution is 2.25. The number of aryl methyl sites for hydroxylation is 1. The molecule has 0 atom stereocenters. The first-order chi connectivity index (χ1) is 15.4. The van der Waals surface area contributed by atoms with E-state index in [9.17, 15) is 9.59 Å². The SMILES string of the molecule is Cc1cccc(Oc2coc3cc(OCC(=O)Nc4cccc(Cl)c4C)ccc3c2=O)c1. The van der Waals surface area contributed by atoms with Crippen LogP contribution in [0.2, 0.25) is 5.02 Å². The zero-order chi connectivity index (χ0) is 22.7. The van der Waals surface area contributed by atoms with E-state index < -0.39 is 0 Å². The molecule has 4 aromatic rings. The van der Waals surface area contributed by atoms with Crippen molar-refractivity contribution in [1.29, 1.82) is 0 Å². The van der Waals surface area contributed by atoms with Crippen LogP contribution in [0.5, 0.6) is 17.2 Å². The van der Waals surface area contributed by atoms with Crippen molar-refractivity contribution in [3.63, 3.8) is 0 Å². The molecule has 0 saturated carbocycles. The van der Waals surface area contributed by atoms with Gasteiger partial charge in [0.1, 0.15) is 23.3 Å². The predicted octanol–water partition coefficient (Wildman–Crippen LogP) is 5.87. The molecule has 1 aromatic heterocycles. The molecule has 3 aromatic carbocycles. The summed E-state index contributed by atoms with van der Waals surface area (Å²) in [4.78, 5) is 25.0. The van der Waals surface area contributed by atoms with Crippen LogP contribution in [0, 0.1) is 13.8 Å². The fraction of sp³-hybridized carbons (Fsp3) is 0.120. The van der Waals surface area contributed by atoms with E-state index in [1.807, 2.05) is 32.0 Å². The second-order valence-electron chi connectivity index (χ2n) is 7.25. The van der Waals surface area contributed by atoms with Crippen molar-refractivity contribution in [2.24, 2.45) is 0 Å². The van der Waals surface area contributed by atoms with Crippen LogP contribution >= 0.6 is 11.6 Å². The fourth-order valence-electron chi connectivity index (χ4n) is 3.14. The van der Waals surface area contributed by atoms with Gasteiger partial charge < -0.3 is 19.2 Å². The first-order valence-electron chi connectivity index (χ1n) is 9.88. The minimum absolute atomic E-state index is 0.0908. The monoisotopic (exact) mass is 449 g/mol. The second kappa shape index (κ2) is 9.16. The van der Waals surface area contributed by atoms with E-state index in [0.717, 1.165) is 11.1 Å².